The summed E-state index contributed by atoms with van der Waals surface area (Å²) in [5.74, 6) is 2.67. The first-order valence-corrected chi connectivity index (χ1v) is 9.84. The Morgan fingerprint density at radius 1 is 1.00 bits per heavy atom. The molecule has 8 heteroatoms. The summed E-state index contributed by atoms with van der Waals surface area (Å²) in [6, 6.07) is 14.5. The fraction of sp³-hybridized carbons (Fsp3) is 0.318. The number of rotatable bonds is 10. The van der Waals surface area contributed by atoms with Gasteiger partial charge in [0.1, 0.15) is 11.5 Å². The number of carbonyl (C=O) groups is 1. The molecule has 0 fully saturated rings. The molecule has 0 aliphatic heterocycles. The van der Waals surface area contributed by atoms with Gasteiger partial charge in [0.2, 0.25) is 11.7 Å². The van der Waals surface area contributed by atoms with E-state index in [1.54, 1.807) is 20.3 Å². The van der Waals surface area contributed by atoms with Crippen LogP contribution in [-0.4, -0.2) is 36.9 Å². The third-order valence-electron chi connectivity index (χ3n) is 4.50. The molecule has 3 aromatic rings. The molecular weight excluding hydrogens is 384 g/mol. The lowest BCUT2D eigenvalue weighted by atomic mass is 10.2. The maximum atomic E-state index is 11.9. The number of hydrogen-bond donors (Lipinski definition) is 2. The van der Waals surface area contributed by atoms with Gasteiger partial charge in [0, 0.05) is 30.3 Å². The molecule has 0 saturated carbocycles. The fourth-order valence-electron chi connectivity index (χ4n) is 2.87. The van der Waals surface area contributed by atoms with Crippen LogP contribution in [0.15, 0.2) is 53.1 Å². The molecule has 8 nitrogen and oxygen atoms in total. The van der Waals surface area contributed by atoms with Crippen LogP contribution in [0.4, 0.5) is 10.5 Å². The molecule has 1 aromatic heterocycles. The lowest BCUT2D eigenvalue weighted by Crippen LogP contribution is -2.29. The van der Waals surface area contributed by atoms with Crippen molar-refractivity contribution in [2.24, 2.45) is 0 Å². The standard InChI is InChI=1S/C22H26N4O4/c1-28-18-12-10-16(11-13-18)21-25-20(30-26-21)9-4-3-5-14-23-22(27)24-17-7-6-8-19(15-17)29-2/h6-8,10-13,15H,3-5,9,14H2,1-2H3,(H2,23,24,27). The number of amides is 2. The zero-order valence-corrected chi connectivity index (χ0v) is 17.2. The van der Waals surface area contributed by atoms with Crippen molar-refractivity contribution in [2.45, 2.75) is 25.7 Å². The largest absolute Gasteiger partial charge is 0.497 e. The van der Waals surface area contributed by atoms with Crippen LogP contribution in [0, 0.1) is 0 Å². The Hall–Kier alpha value is -3.55. The zero-order valence-electron chi connectivity index (χ0n) is 17.2. The van der Waals surface area contributed by atoms with Gasteiger partial charge in [-0.1, -0.05) is 17.6 Å². The van der Waals surface area contributed by atoms with Gasteiger partial charge in [0.15, 0.2) is 0 Å². The molecule has 3 rings (SSSR count). The van der Waals surface area contributed by atoms with Crippen molar-refractivity contribution in [2.75, 3.05) is 26.1 Å². The number of aryl methyl sites for hydroxylation is 1. The van der Waals surface area contributed by atoms with E-state index < -0.39 is 0 Å². The van der Waals surface area contributed by atoms with E-state index in [-0.39, 0.29) is 6.03 Å². The number of hydrogen-bond acceptors (Lipinski definition) is 6. The molecule has 0 atom stereocenters. The SMILES string of the molecule is COc1ccc(-c2noc(CCCCCNC(=O)Nc3cccc(OC)c3)n2)cc1. The highest BCUT2D eigenvalue weighted by Gasteiger charge is 2.09. The van der Waals surface area contributed by atoms with E-state index in [2.05, 4.69) is 20.8 Å². The molecule has 2 amide bonds. The van der Waals surface area contributed by atoms with Gasteiger partial charge >= 0.3 is 6.03 Å². The molecule has 0 radical (unpaired) electrons. The van der Waals surface area contributed by atoms with Crippen LogP contribution in [0.5, 0.6) is 11.5 Å². The van der Waals surface area contributed by atoms with Gasteiger partial charge in [-0.05, 0) is 49.2 Å². The number of nitrogens with zero attached hydrogens (tertiary/aromatic N) is 2. The lowest BCUT2D eigenvalue weighted by Gasteiger charge is -2.08. The topological polar surface area (TPSA) is 98.5 Å². The second-order valence-electron chi connectivity index (χ2n) is 6.66. The number of urea groups is 1. The molecule has 30 heavy (non-hydrogen) atoms. The Balaban J connectivity index is 1.32. The highest BCUT2D eigenvalue weighted by atomic mass is 16.5. The number of aromatic nitrogens is 2. The predicted octanol–water partition coefficient (Wildman–Crippen LogP) is 4.29. The number of unbranched alkanes of at least 4 members (excludes halogenated alkanes) is 2. The van der Waals surface area contributed by atoms with E-state index in [1.165, 1.54) is 0 Å². The number of anilines is 1. The minimum absolute atomic E-state index is 0.232. The van der Waals surface area contributed by atoms with Gasteiger partial charge in [-0.25, -0.2) is 4.79 Å². The summed E-state index contributed by atoms with van der Waals surface area (Å²) in [7, 11) is 3.22. The van der Waals surface area contributed by atoms with Gasteiger partial charge in [0.25, 0.3) is 0 Å². The van der Waals surface area contributed by atoms with E-state index in [9.17, 15) is 4.79 Å². The van der Waals surface area contributed by atoms with Crippen LogP contribution in [0.25, 0.3) is 11.4 Å². The van der Waals surface area contributed by atoms with Gasteiger partial charge in [0.05, 0.1) is 14.2 Å². The third kappa shape index (κ3) is 6.23. The summed E-state index contributed by atoms with van der Waals surface area (Å²) < 4.78 is 15.6. The number of ether oxygens (including phenoxy) is 2. The highest BCUT2D eigenvalue weighted by molar-refractivity contribution is 5.89. The van der Waals surface area contributed by atoms with Crippen LogP contribution in [0.1, 0.15) is 25.2 Å². The smallest absolute Gasteiger partial charge is 0.319 e. The number of methoxy groups -OCH3 is 2. The van der Waals surface area contributed by atoms with E-state index in [0.29, 0.717) is 36.1 Å². The van der Waals surface area contributed by atoms with Crippen LogP contribution in [0.2, 0.25) is 0 Å². The molecule has 2 N–H and O–H groups in total. The van der Waals surface area contributed by atoms with Crippen molar-refractivity contribution in [1.82, 2.24) is 15.5 Å². The Labute approximate surface area is 175 Å². The summed E-state index contributed by atoms with van der Waals surface area (Å²) in [5.41, 5.74) is 1.58. The fourth-order valence-corrected chi connectivity index (χ4v) is 2.87. The van der Waals surface area contributed by atoms with Crippen molar-refractivity contribution in [1.29, 1.82) is 0 Å². The van der Waals surface area contributed by atoms with Crippen molar-refractivity contribution < 1.29 is 18.8 Å². The first kappa shape index (κ1) is 21.2. The minimum atomic E-state index is -0.232. The van der Waals surface area contributed by atoms with Crippen molar-refractivity contribution in [3.8, 4) is 22.9 Å². The number of carbonyl (C=O) groups excluding carboxylic acids is 1. The van der Waals surface area contributed by atoms with Crippen LogP contribution in [0.3, 0.4) is 0 Å². The lowest BCUT2D eigenvalue weighted by molar-refractivity contribution is 0.252. The molecule has 0 bridgehead atoms. The Morgan fingerprint density at radius 3 is 2.57 bits per heavy atom. The number of nitrogens with one attached hydrogen (secondary N) is 2. The van der Waals surface area contributed by atoms with Gasteiger partial charge in [-0.3, -0.25) is 0 Å². The maximum Gasteiger partial charge on any atom is 0.319 e. The second-order valence-corrected chi connectivity index (χ2v) is 6.66. The summed E-state index contributed by atoms with van der Waals surface area (Å²) in [4.78, 5) is 16.4. The second kappa shape index (κ2) is 10.8. The summed E-state index contributed by atoms with van der Waals surface area (Å²) in [5, 5.41) is 9.67. The van der Waals surface area contributed by atoms with Crippen LogP contribution in [-0.2, 0) is 6.42 Å². The third-order valence-corrected chi connectivity index (χ3v) is 4.50. The molecule has 0 saturated heterocycles. The molecular formula is C22H26N4O4. The average Bonchev–Trinajstić information content (AvgIpc) is 3.25. The Morgan fingerprint density at radius 2 is 1.80 bits per heavy atom. The monoisotopic (exact) mass is 410 g/mol. The normalized spacial score (nSPS) is 10.5. The Bertz CT molecular complexity index is 940. The summed E-state index contributed by atoms with van der Waals surface area (Å²) in [6.45, 7) is 0.594. The van der Waals surface area contributed by atoms with Crippen molar-refractivity contribution in [3.63, 3.8) is 0 Å². The molecule has 0 aliphatic carbocycles. The minimum Gasteiger partial charge on any atom is -0.497 e. The van der Waals surface area contributed by atoms with Gasteiger partial charge in [-0.2, -0.15) is 4.98 Å². The Kier molecular flexibility index (Phi) is 7.65. The van der Waals surface area contributed by atoms with E-state index in [0.717, 1.165) is 30.6 Å². The van der Waals surface area contributed by atoms with E-state index in [1.807, 2.05) is 42.5 Å². The molecule has 158 valence electrons. The highest BCUT2D eigenvalue weighted by Crippen LogP contribution is 2.20. The first-order chi connectivity index (χ1) is 14.7. The van der Waals surface area contributed by atoms with Gasteiger partial charge < -0.3 is 24.6 Å². The predicted molar refractivity (Wildman–Crippen MR) is 114 cm³/mol. The first-order valence-electron chi connectivity index (χ1n) is 9.84. The summed E-state index contributed by atoms with van der Waals surface area (Å²) >= 11 is 0. The van der Waals surface area contributed by atoms with Gasteiger partial charge in [-0.15, -0.1) is 0 Å². The van der Waals surface area contributed by atoms with Crippen LogP contribution < -0.4 is 20.1 Å². The molecule has 2 aromatic carbocycles. The van der Waals surface area contributed by atoms with Crippen molar-refractivity contribution >= 4 is 11.7 Å². The number of benzene rings is 2. The quantitative estimate of drug-likeness (QED) is 0.484. The van der Waals surface area contributed by atoms with E-state index in [4.69, 9.17) is 14.0 Å². The molecule has 1 heterocycles. The zero-order chi connectivity index (χ0) is 21.2. The molecule has 0 spiro atoms. The van der Waals surface area contributed by atoms with E-state index >= 15 is 0 Å². The van der Waals surface area contributed by atoms with Crippen molar-refractivity contribution in [3.05, 3.63) is 54.4 Å². The maximum absolute atomic E-state index is 11.9. The summed E-state index contributed by atoms with van der Waals surface area (Å²) in [6.07, 6.45) is 3.42. The molecule has 0 unspecified atom stereocenters. The average molecular weight is 410 g/mol. The molecule has 0 aliphatic rings. The van der Waals surface area contributed by atoms with Crippen LogP contribution >= 0.6 is 0 Å².